The van der Waals surface area contributed by atoms with Crippen LogP contribution in [0.3, 0.4) is 0 Å². The molecular formula is C21H26N2O6S. The van der Waals surface area contributed by atoms with Gasteiger partial charge in [-0.15, -0.1) is 0 Å². The molecule has 2 aliphatic rings. The molecule has 0 amide bonds. The van der Waals surface area contributed by atoms with Gasteiger partial charge in [-0.3, -0.25) is 4.90 Å². The first-order chi connectivity index (χ1) is 14.4. The molecule has 162 valence electrons. The van der Waals surface area contributed by atoms with E-state index in [4.69, 9.17) is 18.9 Å². The van der Waals surface area contributed by atoms with Gasteiger partial charge in [-0.25, -0.2) is 8.42 Å². The Bertz CT molecular complexity index is 1030. The number of hydrogen-bond donors (Lipinski definition) is 0. The summed E-state index contributed by atoms with van der Waals surface area (Å²) in [6, 6.07) is 9.15. The Kier molecular flexibility index (Phi) is 5.77. The number of nitrogens with zero attached hydrogens (tertiary/aromatic N) is 2. The smallest absolute Gasteiger partial charge is 0.246 e. The van der Waals surface area contributed by atoms with E-state index in [-0.39, 0.29) is 11.7 Å². The van der Waals surface area contributed by atoms with Gasteiger partial charge in [0.25, 0.3) is 0 Å². The van der Waals surface area contributed by atoms with E-state index >= 15 is 0 Å². The Balaban J connectivity index is 1.46. The van der Waals surface area contributed by atoms with Crippen molar-refractivity contribution in [3.8, 4) is 23.0 Å². The monoisotopic (exact) mass is 434 g/mol. The van der Waals surface area contributed by atoms with Crippen molar-refractivity contribution in [2.75, 3.05) is 47.2 Å². The van der Waals surface area contributed by atoms with Crippen molar-refractivity contribution in [1.82, 2.24) is 9.21 Å². The lowest BCUT2D eigenvalue weighted by atomic mass is 10.2. The van der Waals surface area contributed by atoms with Crippen LogP contribution in [0.2, 0.25) is 0 Å². The molecule has 0 aliphatic carbocycles. The van der Waals surface area contributed by atoms with Crippen LogP contribution in [0.25, 0.3) is 0 Å². The summed E-state index contributed by atoms with van der Waals surface area (Å²) >= 11 is 0. The molecule has 0 unspecified atom stereocenters. The van der Waals surface area contributed by atoms with Gasteiger partial charge in [0.1, 0.15) is 16.4 Å². The Morgan fingerprint density at radius 2 is 1.63 bits per heavy atom. The van der Waals surface area contributed by atoms with E-state index in [1.807, 2.05) is 25.1 Å². The molecule has 0 spiro atoms. The third-order valence-electron chi connectivity index (χ3n) is 5.47. The second-order valence-electron chi connectivity index (χ2n) is 7.34. The normalized spacial score (nSPS) is 17.2. The van der Waals surface area contributed by atoms with Crippen LogP contribution in [-0.4, -0.2) is 64.8 Å². The number of rotatable bonds is 6. The number of methoxy groups -OCH3 is 2. The third kappa shape index (κ3) is 3.92. The van der Waals surface area contributed by atoms with Crippen LogP contribution in [-0.2, 0) is 16.6 Å². The van der Waals surface area contributed by atoms with Crippen LogP contribution in [0.5, 0.6) is 23.0 Å². The van der Waals surface area contributed by atoms with E-state index in [0.717, 1.165) is 29.2 Å². The second kappa shape index (κ2) is 8.33. The molecule has 0 aromatic heterocycles. The van der Waals surface area contributed by atoms with Gasteiger partial charge in [-0.1, -0.05) is 6.07 Å². The van der Waals surface area contributed by atoms with E-state index in [9.17, 15) is 8.42 Å². The fraction of sp³-hybridized carbons (Fsp3) is 0.429. The molecule has 2 aromatic carbocycles. The minimum absolute atomic E-state index is 0.136. The second-order valence-corrected chi connectivity index (χ2v) is 9.25. The van der Waals surface area contributed by atoms with Crippen LogP contribution in [0.15, 0.2) is 35.2 Å². The van der Waals surface area contributed by atoms with Crippen LogP contribution in [0.4, 0.5) is 0 Å². The highest BCUT2D eigenvalue weighted by Crippen LogP contribution is 2.35. The zero-order valence-corrected chi connectivity index (χ0v) is 18.2. The molecule has 0 atom stereocenters. The van der Waals surface area contributed by atoms with E-state index in [1.54, 1.807) is 12.1 Å². The standard InChI is InChI=1S/C21H26N2O6S/c1-15-10-20(27-3)21(12-18(15)26-2)30(24,25)23-8-6-22(7-9-23)13-16-4-5-17-19(11-16)29-14-28-17/h4-5,10-12H,6-9,13-14H2,1-3H3. The third-order valence-corrected chi connectivity index (χ3v) is 7.39. The van der Waals surface area contributed by atoms with Gasteiger partial charge < -0.3 is 18.9 Å². The molecule has 0 radical (unpaired) electrons. The molecule has 0 bridgehead atoms. The van der Waals surface area contributed by atoms with E-state index < -0.39 is 10.0 Å². The topological polar surface area (TPSA) is 77.5 Å². The van der Waals surface area contributed by atoms with Crippen LogP contribution < -0.4 is 18.9 Å². The summed E-state index contributed by atoms with van der Waals surface area (Å²) in [5.41, 5.74) is 1.93. The molecule has 0 saturated carbocycles. The number of ether oxygens (including phenoxy) is 4. The minimum atomic E-state index is -3.69. The van der Waals surface area contributed by atoms with Crippen molar-refractivity contribution in [2.45, 2.75) is 18.4 Å². The summed E-state index contributed by atoms with van der Waals surface area (Å²) < 4.78 is 49.5. The number of fused-ring (bicyclic) bond motifs is 1. The molecule has 9 heteroatoms. The largest absolute Gasteiger partial charge is 0.496 e. The zero-order chi connectivity index (χ0) is 21.3. The maximum absolute atomic E-state index is 13.3. The number of aryl methyl sites for hydroxylation is 1. The molecule has 4 rings (SSSR count). The highest BCUT2D eigenvalue weighted by Gasteiger charge is 2.32. The van der Waals surface area contributed by atoms with Crippen molar-refractivity contribution in [2.24, 2.45) is 0 Å². The predicted octanol–water partition coefficient (Wildman–Crippen LogP) is 2.25. The lowest BCUT2D eigenvalue weighted by Crippen LogP contribution is -2.48. The van der Waals surface area contributed by atoms with Crippen molar-refractivity contribution < 1.29 is 27.4 Å². The summed E-state index contributed by atoms with van der Waals surface area (Å²) in [5.74, 6) is 2.37. The van der Waals surface area contributed by atoms with Gasteiger partial charge in [0.15, 0.2) is 11.5 Å². The Morgan fingerprint density at radius 1 is 0.933 bits per heavy atom. The first kappa shape index (κ1) is 20.8. The van der Waals surface area contributed by atoms with Gasteiger partial charge in [0.2, 0.25) is 16.8 Å². The fourth-order valence-corrected chi connectivity index (χ4v) is 5.36. The van der Waals surface area contributed by atoms with Crippen LogP contribution in [0.1, 0.15) is 11.1 Å². The van der Waals surface area contributed by atoms with Crippen LogP contribution in [0, 0.1) is 6.92 Å². The molecule has 1 fully saturated rings. The number of hydrogen-bond acceptors (Lipinski definition) is 7. The van der Waals surface area contributed by atoms with Gasteiger partial charge in [0, 0.05) is 38.8 Å². The van der Waals surface area contributed by atoms with E-state index in [0.29, 0.717) is 37.7 Å². The molecule has 2 aliphatic heterocycles. The van der Waals surface area contributed by atoms with Crippen LogP contribution >= 0.6 is 0 Å². The summed E-state index contributed by atoms with van der Waals surface area (Å²) in [7, 11) is -0.690. The van der Waals surface area contributed by atoms with Gasteiger partial charge in [-0.05, 0) is 36.2 Å². The summed E-state index contributed by atoms with van der Waals surface area (Å²) in [6.07, 6.45) is 0. The average molecular weight is 435 g/mol. The number of sulfonamides is 1. The van der Waals surface area contributed by atoms with Gasteiger partial charge in [0.05, 0.1) is 14.2 Å². The Hall–Kier alpha value is -2.49. The molecule has 2 aromatic rings. The predicted molar refractivity (Wildman–Crippen MR) is 111 cm³/mol. The highest BCUT2D eigenvalue weighted by molar-refractivity contribution is 7.89. The van der Waals surface area contributed by atoms with Gasteiger partial charge >= 0.3 is 0 Å². The molecule has 1 saturated heterocycles. The maximum Gasteiger partial charge on any atom is 0.246 e. The molecule has 30 heavy (non-hydrogen) atoms. The first-order valence-corrected chi connectivity index (χ1v) is 11.2. The summed E-state index contributed by atoms with van der Waals surface area (Å²) in [4.78, 5) is 2.37. The Morgan fingerprint density at radius 3 is 2.33 bits per heavy atom. The first-order valence-electron chi connectivity index (χ1n) is 9.76. The highest BCUT2D eigenvalue weighted by atomic mass is 32.2. The SMILES string of the molecule is COc1cc(S(=O)(=O)N2CCN(Cc3ccc4c(c3)OCO4)CC2)c(OC)cc1C. The number of piperazine rings is 1. The van der Waals surface area contributed by atoms with Crippen molar-refractivity contribution in [3.05, 3.63) is 41.5 Å². The fourth-order valence-electron chi connectivity index (χ4n) is 3.79. The molecule has 0 N–H and O–H groups in total. The lowest BCUT2D eigenvalue weighted by Gasteiger charge is -2.34. The van der Waals surface area contributed by atoms with E-state index in [2.05, 4.69) is 4.90 Å². The van der Waals surface area contributed by atoms with E-state index in [1.165, 1.54) is 18.5 Å². The maximum atomic E-state index is 13.3. The van der Waals surface area contributed by atoms with Crippen molar-refractivity contribution >= 4 is 10.0 Å². The van der Waals surface area contributed by atoms with Gasteiger partial charge in [-0.2, -0.15) is 4.31 Å². The molecule has 8 nitrogen and oxygen atoms in total. The van der Waals surface area contributed by atoms with Crippen molar-refractivity contribution in [1.29, 1.82) is 0 Å². The Labute approximate surface area is 176 Å². The zero-order valence-electron chi connectivity index (χ0n) is 17.4. The number of benzene rings is 2. The lowest BCUT2D eigenvalue weighted by molar-refractivity contribution is 0.173. The molecule has 2 heterocycles. The van der Waals surface area contributed by atoms with Crippen molar-refractivity contribution in [3.63, 3.8) is 0 Å². The summed E-state index contributed by atoms with van der Waals surface area (Å²) in [6.45, 7) is 4.93. The summed E-state index contributed by atoms with van der Waals surface area (Å²) in [5, 5.41) is 0. The quantitative estimate of drug-likeness (QED) is 0.690. The minimum Gasteiger partial charge on any atom is -0.496 e. The average Bonchev–Trinajstić information content (AvgIpc) is 3.21. The molecular weight excluding hydrogens is 408 g/mol.